The monoisotopic (exact) mass is 249 g/mol. The second kappa shape index (κ2) is 4.64. The summed E-state index contributed by atoms with van der Waals surface area (Å²) in [6.07, 6.45) is 3.46. The molecule has 1 aromatic heterocycles. The van der Waals surface area contributed by atoms with Crippen LogP contribution in [0.1, 0.15) is 33.7 Å². The van der Waals surface area contributed by atoms with E-state index in [4.69, 9.17) is 10.5 Å². The van der Waals surface area contributed by atoms with Crippen molar-refractivity contribution in [2.45, 2.75) is 18.9 Å². The van der Waals surface area contributed by atoms with Crippen molar-refractivity contribution in [1.29, 1.82) is 0 Å². The molecule has 0 bridgehead atoms. The summed E-state index contributed by atoms with van der Waals surface area (Å²) in [5.41, 5.74) is 5.66. The van der Waals surface area contributed by atoms with Crippen molar-refractivity contribution < 1.29 is 14.3 Å². The molecule has 0 spiro atoms. The molecule has 2 N–H and O–H groups in total. The molecule has 1 aromatic rings. The fourth-order valence-electron chi connectivity index (χ4n) is 1.44. The maximum absolute atomic E-state index is 11.7. The van der Waals surface area contributed by atoms with Crippen LogP contribution in [0.25, 0.3) is 0 Å². The molecule has 1 heterocycles. The van der Waals surface area contributed by atoms with Crippen LogP contribution in [0.15, 0.2) is 12.3 Å². The predicted molar refractivity (Wildman–Crippen MR) is 64.4 cm³/mol. The smallest absolute Gasteiger partial charge is 0.271 e. The van der Waals surface area contributed by atoms with Crippen molar-refractivity contribution >= 4 is 11.8 Å². The number of hydrogen-bond donors (Lipinski definition) is 1. The third-order valence-electron chi connectivity index (χ3n) is 2.58. The lowest BCUT2D eigenvalue weighted by molar-refractivity contribution is 0.0822. The Labute approximate surface area is 105 Å². The summed E-state index contributed by atoms with van der Waals surface area (Å²) >= 11 is 0. The van der Waals surface area contributed by atoms with E-state index in [9.17, 15) is 9.59 Å². The number of aromatic nitrogens is 1. The summed E-state index contributed by atoms with van der Waals surface area (Å²) < 4.78 is 5.52. The third-order valence-corrected chi connectivity index (χ3v) is 2.58. The van der Waals surface area contributed by atoms with Gasteiger partial charge < -0.3 is 15.4 Å². The Kier molecular flexibility index (Phi) is 3.18. The molecular weight excluding hydrogens is 234 g/mol. The van der Waals surface area contributed by atoms with Gasteiger partial charge in [-0.2, -0.15) is 0 Å². The van der Waals surface area contributed by atoms with Gasteiger partial charge in [-0.05, 0) is 18.9 Å². The van der Waals surface area contributed by atoms with Crippen molar-refractivity contribution in [3.8, 4) is 5.75 Å². The van der Waals surface area contributed by atoms with Crippen LogP contribution in [-0.4, -0.2) is 41.9 Å². The number of nitrogens with two attached hydrogens (primary N) is 1. The quantitative estimate of drug-likeness (QED) is 0.838. The van der Waals surface area contributed by atoms with Gasteiger partial charge in [0.1, 0.15) is 5.69 Å². The first-order chi connectivity index (χ1) is 8.49. The fraction of sp³-hybridized carbons (Fsp3) is 0.417. The zero-order chi connectivity index (χ0) is 13.3. The molecule has 6 heteroatoms. The molecule has 1 fully saturated rings. The van der Waals surface area contributed by atoms with Crippen LogP contribution in [0.5, 0.6) is 5.75 Å². The summed E-state index contributed by atoms with van der Waals surface area (Å²) in [4.78, 5) is 28.5. The van der Waals surface area contributed by atoms with Crippen LogP contribution in [0, 0.1) is 0 Å². The topological polar surface area (TPSA) is 85.5 Å². The zero-order valence-corrected chi connectivity index (χ0v) is 10.3. The average molecular weight is 249 g/mol. The molecule has 0 unspecified atom stereocenters. The minimum absolute atomic E-state index is 0.139. The SMILES string of the molecule is CN(C)C(=O)c1cc(C(N)=O)c(OC2CC2)cn1. The van der Waals surface area contributed by atoms with Crippen molar-refractivity contribution in [3.05, 3.63) is 23.5 Å². The van der Waals surface area contributed by atoms with E-state index in [1.807, 2.05) is 0 Å². The van der Waals surface area contributed by atoms with Gasteiger partial charge >= 0.3 is 0 Å². The molecule has 96 valence electrons. The maximum Gasteiger partial charge on any atom is 0.271 e. The van der Waals surface area contributed by atoms with Gasteiger partial charge in [0, 0.05) is 14.1 Å². The molecular formula is C12H15N3O3. The summed E-state index contributed by atoms with van der Waals surface area (Å²) in [6, 6.07) is 1.38. The number of rotatable bonds is 4. The molecule has 2 amide bonds. The standard InChI is InChI=1S/C12H15N3O3/c1-15(2)12(17)9-5-8(11(13)16)10(6-14-9)18-7-3-4-7/h5-7H,3-4H2,1-2H3,(H2,13,16). The molecule has 0 radical (unpaired) electrons. The highest BCUT2D eigenvalue weighted by atomic mass is 16.5. The molecule has 0 saturated heterocycles. The van der Waals surface area contributed by atoms with Crippen LogP contribution in [0.2, 0.25) is 0 Å². The maximum atomic E-state index is 11.7. The van der Waals surface area contributed by atoms with Gasteiger partial charge in [-0.3, -0.25) is 9.59 Å². The van der Waals surface area contributed by atoms with Gasteiger partial charge in [0.05, 0.1) is 17.9 Å². The Morgan fingerprint density at radius 2 is 2.11 bits per heavy atom. The summed E-state index contributed by atoms with van der Waals surface area (Å²) in [7, 11) is 3.23. The van der Waals surface area contributed by atoms with Gasteiger partial charge in [0.25, 0.3) is 11.8 Å². The van der Waals surface area contributed by atoms with E-state index in [-0.39, 0.29) is 23.3 Å². The Morgan fingerprint density at radius 3 is 2.61 bits per heavy atom. The number of primary amides is 1. The van der Waals surface area contributed by atoms with Crippen molar-refractivity contribution in [2.75, 3.05) is 14.1 Å². The van der Waals surface area contributed by atoms with Crippen molar-refractivity contribution in [3.63, 3.8) is 0 Å². The molecule has 18 heavy (non-hydrogen) atoms. The Morgan fingerprint density at radius 1 is 1.44 bits per heavy atom. The first-order valence-electron chi connectivity index (χ1n) is 5.67. The number of ether oxygens (including phenoxy) is 1. The molecule has 0 atom stereocenters. The molecule has 0 aliphatic heterocycles. The van der Waals surface area contributed by atoms with E-state index in [1.165, 1.54) is 17.2 Å². The van der Waals surface area contributed by atoms with Crippen LogP contribution < -0.4 is 10.5 Å². The zero-order valence-electron chi connectivity index (χ0n) is 10.3. The lowest BCUT2D eigenvalue weighted by atomic mass is 10.2. The summed E-state index contributed by atoms with van der Waals surface area (Å²) in [6.45, 7) is 0. The van der Waals surface area contributed by atoms with E-state index in [0.717, 1.165) is 12.8 Å². The predicted octanol–water partition coefficient (Wildman–Crippen LogP) is 0.423. The minimum Gasteiger partial charge on any atom is -0.488 e. The first kappa shape index (κ1) is 12.3. The summed E-state index contributed by atoms with van der Waals surface area (Å²) in [5, 5.41) is 0. The number of carbonyl (C=O) groups is 2. The van der Waals surface area contributed by atoms with E-state index in [2.05, 4.69) is 4.98 Å². The molecule has 0 aromatic carbocycles. The van der Waals surface area contributed by atoms with Crippen LogP contribution >= 0.6 is 0 Å². The Balaban J connectivity index is 2.32. The molecule has 6 nitrogen and oxygen atoms in total. The Bertz CT molecular complexity index is 495. The molecule has 1 aliphatic rings. The van der Waals surface area contributed by atoms with Crippen LogP contribution in [0.3, 0.4) is 0 Å². The molecule has 2 rings (SSSR count). The lowest BCUT2D eigenvalue weighted by Gasteiger charge is -2.12. The highest BCUT2D eigenvalue weighted by molar-refractivity contribution is 5.99. The lowest BCUT2D eigenvalue weighted by Crippen LogP contribution is -2.24. The van der Waals surface area contributed by atoms with Crippen molar-refractivity contribution in [2.24, 2.45) is 5.73 Å². The highest BCUT2D eigenvalue weighted by Gasteiger charge is 2.26. The number of hydrogen-bond acceptors (Lipinski definition) is 4. The number of amides is 2. The van der Waals surface area contributed by atoms with Gasteiger partial charge in [-0.1, -0.05) is 0 Å². The molecule has 1 saturated carbocycles. The minimum atomic E-state index is -0.624. The van der Waals surface area contributed by atoms with E-state index < -0.39 is 5.91 Å². The highest BCUT2D eigenvalue weighted by Crippen LogP contribution is 2.28. The van der Waals surface area contributed by atoms with Crippen molar-refractivity contribution in [1.82, 2.24) is 9.88 Å². The Hall–Kier alpha value is -2.11. The van der Waals surface area contributed by atoms with E-state index in [0.29, 0.717) is 5.75 Å². The van der Waals surface area contributed by atoms with Gasteiger partial charge in [-0.15, -0.1) is 0 Å². The number of pyridine rings is 1. The number of carbonyl (C=O) groups excluding carboxylic acids is 2. The first-order valence-corrected chi connectivity index (χ1v) is 5.67. The third kappa shape index (κ3) is 2.58. The normalized spacial score (nSPS) is 14.1. The molecule has 1 aliphatic carbocycles. The second-order valence-electron chi connectivity index (χ2n) is 4.45. The van der Waals surface area contributed by atoms with E-state index >= 15 is 0 Å². The van der Waals surface area contributed by atoms with Gasteiger partial charge in [0.15, 0.2) is 5.75 Å². The van der Waals surface area contributed by atoms with Crippen LogP contribution in [0.4, 0.5) is 0 Å². The second-order valence-corrected chi connectivity index (χ2v) is 4.45. The number of nitrogens with zero attached hydrogens (tertiary/aromatic N) is 2. The fourth-order valence-corrected chi connectivity index (χ4v) is 1.44. The van der Waals surface area contributed by atoms with Crippen LogP contribution in [-0.2, 0) is 0 Å². The summed E-state index contributed by atoms with van der Waals surface area (Å²) in [5.74, 6) is -0.559. The largest absolute Gasteiger partial charge is 0.488 e. The van der Waals surface area contributed by atoms with E-state index in [1.54, 1.807) is 14.1 Å². The van der Waals surface area contributed by atoms with Gasteiger partial charge in [-0.25, -0.2) is 4.98 Å². The average Bonchev–Trinajstić information content (AvgIpc) is 3.12. The van der Waals surface area contributed by atoms with Gasteiger partial charge in [0.2, 0.25) is 0 Å².